The summed E-state index contributed by atoms with van der Waals surface area (Å²) < 4.78 is 32.3. The molecule has 1 rings (SSSR count). The van der Waals surface area contributed by atoms with Gasteiger partial charge in [-0.05, 0) is 37.8 Å². The number of esters is 1. The topological polar surface area (TPSA) is 72.5 Å². The summed E-state index contributed by atoms with van der Waals surface area (Å²) in [5, 5.41) is 0. The third kappa shape index (κ3) is 4.04. The van der Waals surface area contributed by atoms with Crippen molar-refractivity contribution < 1.29 is 17.9 Å². The monoisotopic (exact) mass is 313 g/mol. The van der Waals surface area contributed by atoms with Crippen molar-refractivity contribution in [3.63, 3.8) is 0 Å². The number of hydrogen-bond donors (Lipinski definition) is 1. The molecule has 0 aliphatic heterocycles. The van der Waals surface area contributed by atoms with Crippen molar-refractivity contribution in [2.24, 2.45) is 5.92 Å². The van der Waals surface area contributed by atoms with E-state index in [0.29, 0.717) is 11.1 Å². The Labute approximate surface area is 126 Å². The van der Waals surface area contributed by atoms with Crippen LogP contribution in [-0.4, -0.2) is 27.5 Å². The van der Waals surface area contributed by atoms with Crippen molar-refractivity contribution in [2.45, 2.75) is 45.6 Å². The van der Waals surface area contributed by atoms with E-state index in [0.717, 1.165) is 5.56 Å². The number of sulfonamides is 1. The van der Waals surface area contributed by atoms with Gasteiger partial charge in [0.1, 0.15) is 6.04 Å². The molecule has 1 N–H and O–H groups in total. The Hall–Kier alpha value is -1.40. The molecule has 0 amide bonds. The van der Waals surface area contributed by atoms with Gasteiger partial charge in [-0.3, -0.25) is 4.79 Å². The number of benzene rings is 1. The zero-order chi connectivity index (χ0) is 16.4. The third-order valence-electron chi connectivity index (χ3n) is 3.28. The zero-order valence-corrected chi connectivity index (χ0v) is 14.2. The van der Waals surface area contributed by atoms with Crippen LogP contribution >= 0.6 is 0 Å². The molecule has 0 saturated heterocycles. The molecule has 0 fully saturated rings. The lowest BCUT2D eigenvalue weighted by molar-refractivity contribution is -0.143. The van der Waals surface area contributed by atoms with E-state index in [1.165, 1.54) is 7.11 Å². The van der Waals surface area contributed by atoms with E-state index in [9.17, 15) is 13.2 Å². The fourth-order valence-corrected chi connectivity index (χ4v) is 4.19. The first-order valence-electron chi connectivity index (χ1n) is 6.78. The van der Waals surface area contributed by atoms with Crippen LogP contribution in [0.2, 0.25) is 0 Å². The lowest BCUT2D eigenvalue weighted by Crippen LogP contribution is -2.45. The largest absolute Gasteiger partial charge is 0.468 e. The second kappa shape index (κ2) is 6.58. The molecule has 0 saturated carbocycles. The fraction of sp³-hybridized carbons (Fsp3) is 0.533. The Morgan fingerprint density at radius 1 is 1.14 bits per heavy atom. The van der Waals surface area contributed by atoms with E-state index in [1.807, 2.05) is 19.1 Å². The van der Waals surface area contributed by atoms with Gasteiger partial charge in [-0.25, -0.2) is 8.42 Å². The first-order valence-corrected chi connectivity index (χ1v) is 8.26. The summed E-state index contributed by atoms with van der Waals surface area (Å²) in [4.78, 5) is 12.0. The van der Waals surface area contributed by atoms with Crippen LogP contribution < -0.4 is 4.72 Å². The maximum atomic E-state index is 12.6. The highest BCUT2D eigenvalue weighted by Crippen LogP contribution is 2.22. The molecule has 21 heavy (non-hydrogen) atoms. The van der Waals surface area contributed by atoms with Crippen LogP contribution in [0.15, 0.2) is 17.0 Å². The molecule has 0 aliphatic rings. The van der Waals surface area contributed by atoms with Crippen LogP contribution in [0.25, 0.3) is 0 Å². The highest BCUT2D eigenvalue weighted by Gasteiger charge is 2.30. The van der Waals surface area contributed by atoms with Gasteiger partial charge < -0.3 is 4.74 Å². The average molecular weight is 313 g/mol. The van der Waals surface area contributed by atoms with E-state index in [2.05, 4.69) is 9.46 Å². The number of methoxy groups -OCH3 is 1. The highest BCUT2D eigenvalue weighted by molar-refractivity contribution is 7.89. The zero-order valence-electron chi connectivity index (χ0n) is 13.4. The molecule has 1 atom stereocenters. The molecule has 0 heterocycles. The minimum atomic E-state index is -3.79. The molecule has 6 heteroatoms. The van der Waals surface area contributed by atoms with Gasteiger partial charge in [0, 0.05) is 0 Å². The van der Waals surface area contributed by atoms with Gasteiger partial charge in [-0.2, -0.15) is 4.72 Å². The summed E-state index contributed by atoms with van der Waals surface area (Å²) in [6.07, 6.45) is 0. The molecule has 0 spiro atoms. The number of hydrogen-bond acceptors (Lipinski definition) is 4. The standard InChI is InChI=1S/C15H23NO4S/c1-9(2)13(15(17)20-6)16-21(18,19)14-11(4)7-10(3)8-12(14)5/h7-9,13,16H,1-6H3. The molecule has 0 aromatic heterocycles. The summed E-state index contributed by atoms with van der Waals surface area (Å²) >= 11 is 0. The maximum Gasteiger partial charge on any atom is 0.324 e. The van der Waals surface area contributed by atoms with Crippen molar-refractivity contribution in [1.82, 2.24) is 4.72 Å². The van der Waals surface area contributed by atoms with Crippen LogP contribution in [0.1, 0.15) is 30.5 Å². The minimum Gasteiger partial charge on any atom is -0.468 e. The van der Waals surface area contributed by atoms with Crippen LogP contribution in [0.5, 0.6) is 0 Å². The van der Waals surface area contributed by atoms with Crippen LogP contribution in [-0.2, 0) is 19.6 Å². The summed E-state index contributed by atoms with van der Waals surface area (Å²) in [5.74, 6) is -0.797. The predicted octanol–water partition coefficient (Wildman–Crippen LogP) is 2.09. The summed E-state index contributed by atoms with van der Waals surface area (Å²) in [7, 11) is -2.54. The predicted molar refractivity (Wildman–Crippen MR) is 81.6 cm³/mol. The Morgan fingerprint density at radius 2 is 1.62 bits per heavy atom. The van der Waals surface area contributed by atoms with Gasteiger partial charge in [-0.15, -0.1) is 0 Å². The average Bonchev–Trinajstić information content (AvgIpc) is 2.33. The number of nitrogens with one attached hydrogen (secondary N) is 1. The lowest BCUT2D eigenvalue weighted by Gasteiger charge is -2.21. The van der Waals surface area contributed by atoms with Crippen molar-refractivity contribution >= 4 is 16.0 Å². The van der Waals surface area contributed by atoms with E-state index in [-0.39, 0.29) is 10.8 Å². The van der Waals surface area contributed by atoms with Gasteiger partial charge in [0.15, 0.2) is 0 Å². The molecular formula is C15H23NO4S. The molecule has 1 aromatic carbocycles. The Bertz CT molecular complexity index is 612. The van der Waals surface area contributed by atoms with Crippen LogP contribution in [0, 0.1) is 26.7 Å². The Kier molecular flexibility index (Phi) is 5.53. The van der Waals surface area contributed by atoms with Crippen molar-refractivity contribution in [3.8, 4) is 0 Å². The lowest BCUT2D eigenvalue weighted by atomic mass is 10.1. The van der Waals surface area contributed by atoms with Crippen LogP contribution in [0.3, 0.4) is 0 Å². The number of ether oxygens (including phenoxy) is 1. The number of carbonyl (C=O) groups excluding carboxylic acids is 1. The van der Waals surface area contributed by atoms with Crippen LogP contribution in [0.4, 0.5) is 0 Å². The van der Waals surface area contributed by atoms with Crippen molar-refractivity contribution in [1.29, 1.82) is 0 Å². The molecule has 1 unspecified atom stereocenters. The summed E-state index contributed by atoms with van der Waals surface area (Å²) in [5.41, 5.74) is 2.32. The van der Waals surface area contributed by atoms with E-state index in [4.69, 9.17) is 0 Å². The van der Waals surface area contributed by atoms with Crippen molar-refractivity contribution in [2.75, 3.05) is 7.11 Å². The maximum absolute atomic E-state index is 12.6. The fourth-order valence-electron chi connectivity index (χ4n) is 2.40. The summed E-state index contributed by atoms with van der Waals surface area (Å²) in [6.45, 7) is 8.93. The second-order valence-corrected chi connectivity index (χ2v) is 7.24. The van der Waals surface area contributed by atoms with Gasteiger partial charge in [0.05, 0.1) is 12.0 Å². The molecule has 0 bridgehead atoms. The Morgan fingerprint density at radius 3 is 2.00 bits per heavy atom. The van der Waals surface area contributed by atoms with E-state index < -0.39 is 22.0 Å². The van der Waals surface area contributed by atoms with Gasteiger partial charge in [-0.1, -0.05) is 31.5 Å². The molecule has 1 aromatic rings. The minimum absolute atomic E-state index is 0.210. The highest BCUT2D eigenvalue weighted by atomic mass is 32.2. The molecule has 0 radical (unpaired) electrons. The first-order chi connectivity index (χ1) is 9.60. The molecule has 0 aliphatic carbocycles. The molecular weight excluding hydrogens is 290 g/mol. The van der Waals surface area contributed by atoms with Gasteiger partial charge >= 0.3 is 5.97 Å². The first kappa shape index (κ1) is 17.7. The Balaban J connectivity index is 3.26. The quantitative estimate of drug-likeness (QED) is 0.845. The van der Waals surface area contributed by atoms with Gasteiger partial charge in [0.25, 0.3) is 0 Å². The number of carbonyl (C=O) groups is 1. The van der Waals surface area contributed by atoms with Crippen molar-refractivity contribution in [3.05, 3.63) is 28.8 Å². The SMILES string of the molecule is COC(=O)C(NS(=O)(=O)c1c(C)cc(C)cc1C)C(C)C. The number of rotatable bonds is 5. The van der Waals surface area contributed by atoms with E-state index >= 15 is 0 Å². The normalized spacial score (nSPS) is 13.3. The number of aryl methyl sites for hydroxylation is 3. The smallest absolute Gasteiger partial charge is 0.324 e. The molecule has 5 nitrogen and oxygen atoms in total. The van der Waals surface area contributed by atoms with Gasteiger partial charge in [0.2, 0.25) is 10.0 Å². The van der Waals surface area contributed by atoms with E-state index in [1.54, 1.807) is 27.7 Å². The molecule has 118 valence electrons. The second-order valence-electron chi connectivity index (χ2n) is 5.59. The third-order valence-corrected chi connectivity index (χ3v) is 5.02. The summed E-state index contributed by atoms with van der Waals surface area (Å²) in [6, 6.07) is 2.72.